The average Bonchev–Trinajstić information content (AvgIpc) is 3.26. The third kappa shape index (κ3) is 11.1. The van der Waals surface area contributed by atoms with E-state index in [9.17, 15) is 34.2 Å². The van der Waals surface area contributed by atoms with Crippen LogP contribution in [0.3, 0.4) is 0 Å². The van der Waals surface area contributed by atoms with Crippen molar-refractivity contribution in [2.75, 3.05) is 50.0 Å². The number of aliphatic hydroxyl groups is 2. The van der Waals surface area contributed by atoms with Crippen LogP contribution in [0, 0.1) is 30.1 Å². The first kappa shape index (κ1) is 43.2. The molecular formula is C46H46N4O9. The van der Waals surface area contributed by atoms with Crippen molar-refractivity contribution in [2.24, 2.45) is 5.41 Å². The standard InChI is InChI=1S/C46H46N4O9/c1-5-31-17-21-33(22-18-31)47-41(53)37-13-9-11-15-39(37)43(55)58-27-35(51)25-49-29-46(7-3,8-4)30-50(45(49)57)26-36(52)28-59-44(56)40-16-12-10-14-38(40)42(54)48-34-23-19-32(6-2)20-24-34/h1-2,9-24,35-36,51-52H,7-8,25-30H2,3-4H3,(H,47,53)(H,48,54). The van der Waals surface area contributed by atoms with Gasteiger partial charge in [0, 0.05) is 41.0 Å². The van der Waals surface area contributed by atoms with Gasteiger partial charge in [0.15, 0.2) is 0 Å². The number of amides is 4. The van der Waals surface area contributed by atoms with E-state index in [1.54, 1.807) is 72.8 Å². The quantitative estimate of drug-likeness (QED) is 0.0851. The zero-order valence-corrected chi connectivity index (χ0v) is 32.9. The SMILES string of the molecule is C#Cc1ccc(NC(=O)c2ccccc2C(=O)OCC(O)CN2CC(CC)(CC)CN(CC(O)COC(=O)c3ccccc3C(=O)Nc3ccc(C#C)cc3)C2=O)cc1. The zero-order chi connectivity index (χ0) is 42.5. The lowest BCUT2D eigenvalue weighted by molar-refractivity contribution is -0.0162. The Morgan fingerprint density at radius 1 is 0.644 bits per heavy atom. The molecule has 1 heterocycles. The van der Waals surface area contributed by atoms with E-state index in [0.29, 0.717) is 48.4 Å². The van der Waals surface area contributed by atoms with Gasteiger partial charge in [-0.05, 0) is 85.6 Å². The maximum atomic E-state index is 13.8. The van der Waals surface area contributed by atoms with Gasteiger partial charge in [-0.1, -0.05) is 50.0 Å². The summed E-state index contributed by atoms with van der Waals surface area (Å²) in [5.41, 5.74) is 1.95. The lowest BCUT2D eigenvalue weighted by atomic mass is 9.79. The van der Waals surface area contributed by atoms with Gasteiger partial charge in [-0.15, -0.1) is 12.8 Å². The van der Waals surface area contributed by atoms with Gasteiger partial charge in [0.1, 0.15) is 25.4 Å². The number of carbonyl (C=O) groups excluding carboxylic acids is 5. The number of hydrogen-bond acceptors (Lipinski definition) is 9. The summed E-state index contributed by atoms with van der Waals surface area (Å²) in [6, 6.07) is 25.0. The Morgan fingerprint density at radius 2 is 1.00 bits per heavy atom. The Kier molecular flexibility index (Phi) is 14.6. The largest absolute Gasteiger partial charge is 0.459 e. The van der Waals surface area contributed by atoms with Gasteiger partial charge in [-0.2, -0.15) is 0 Å². The minimum Gasteiger partial charge on any atom is -0.459 e. The Labute approximate surface area is 343 Å². The molecule has 4 amide bonds. The highest BCUT2D eigenvalue weighted by Gasteiger charge is 2.41. The number of terminal acetylenes is 2. The third-order valence-corrected chi connectivity index (χ3v) is 10.2. The zero-order valence-electron chi connectivity index (χ0n) is 32.9. The Balaban J connectivity index is 1.17. The molecule has 4 aromatic rings. The van der Waals surface area contributed by atoms with Crippen molar-refractivity contribution in [3.63, 3.8) is 0 Å². The molecule has 0 bridgehead atoms. The van der Waals surface area contributed by atoms with E-state index in [2.05, 4.69) is 22.5 Å². The second-order valence-electron chi connectivity index (χ2n) is 14.2. The lowest BCUT2D eigenvalue weighted by Crippen LogP contribution is -2.61. The first-order valence-corrected chi connectivity index (χ1v) is 19.1. The smallest absolute Gasteiger partial charge is 0.339 e. The summed E-state index contributed by atoms with van der Waals surface area (Å²) in [4.78, 5) is 69.2. The van der Waals surface area contributed by atoms with Crippen LogP contribution in [0.4, 0.5) is 16.2 Å². The van der Waals surface area contributed by atoms with Crippen LogP contribution in [-0.2, 0) is 9.47 Å². The average molecular weight is 799 g/mol. The maximum absolute atomic E-state index is 13.8. The van der Waals surface area contributed by atoms with Gasteiger partial charge in [-0.3, -0.25) is 9.59 Å². The number of esters is 2. The number of benzene rings is 4. The predicted octanol–water partition coefficient (Wildman–Crippen LogP) is 5.43. The highest BCUT2D eigenvalue weighted by molar-refractivity contribution is 6.12. The molecule has 1 saturated heterocycles. The molecule has 2 unspecified atom stereocenters. The van der Waals surface area contributed by atoms with E-state index < -0.39 is 55.2 Å². The van der Waals surface area contributed by atoms with E-state index in [1.165, 1.54) is 34.1 Å². The Morgan fingerprint density at radius 3 is 1.34 bits per heavy atom. The number of carbonyl (C=O) groups is 5. The van der Waals surface area contributed by atoms with Crippen LogP contribution in [-0.4, -0.2) is 101 Å². The second-order valence-corrected chi connectivity index (χ2v) is 14.2. The molecule has 0 radical (unpaired) electrons. The van der Waals surface area contributed by atoms with Crippen molar-refractivity contribution >= 4 is 41.2 Å². The van der Waals surface area contributed by atoms with Gasteiger partial charge >= 0.3 is 18.0 Å². The van der Waals surface area contributed by atoms with Gasteiger partial charge in [0.2, 0.25) is 0 Å². The maximum Gasteiger partial charge on any atom is 0.339 e. The van der Waals surface area contributed by atoms with Crippen molar-refractivity contribution in [3.05, 3.63) is 130 Å². The number of aliphatic hydroxyl groups excluding tert-OH is 2. The summed E-state index contributed by atoms with van der Waals surface area (Å²) < 4.78 is 10.8. The molecule has 1 aliphatic heterocycles. The van der Waals surface area contributed by atoms with Crippen LogP contribution in [0.2, 0.25) is 0 Å². The highest BCUT2D eigenvalue weighted by Crippen LogP contribution is 2.33. The summed E-state index contributed by atoms with van der Waals surface area (Å²) >= 11 is 0. The minimum absolute atomic E-state index is 0.0121. The molecule has 4 aromatic carbocycles. The monoisotopic (exact) mass is 798 g/mol. The Hall–Kier alpha value is -6.93. The fourth-order valence-corrected chi connectivity index (χ4v) is 6.71. The molecule has 304 valence electrons. The number of anilines is 2. The normalized spacial score (nSPS) is 14.2. The van der Waals surface area contributed by atoms with E-state index in [-0.39, 0.29) is 40.8 Å². The van der Waals surface area contributed by atoms with Crippen LogP contribution in [0.25, 0.3) is 0 Å². The molecule has 5 rings (SSSR count). The third-order valence-electron chi connectivity index (χ3n) is 10.2. The molecule has 0 spiro atoms. The van der Waals surface area contributed by atoms with Crippen molar-refractivity contribution in [2.45, 2.75) is 38.9 Å². The van der Waals surface area contributed by atoms with Crippen molar-refractivity contribution in [3.8, 4) is 24.7 Å². The molecule has 1 aliphatic rings. The van der Waals surface area contributed by atoms with Crippen LogP contribution >= 0.6 is 0 Å². The molecule has 2 atom stereocenters. The Bertz CT molecular complexity index is 2080. The second kappa shape index (κ2) is 20.0. The van der Waals surface area contributed by atoms with Crippen LogP contribution in [0.15, 0.2) is 97.1 Å². The van der Waals surface area contributed by atoms with Crippen LogP contribution in [0.1, 0.15) is 79.2 Å². The van der Waals surface area contributed by atoms with Gasteiger partial charge < -0.3 is 40.1 Å². The number of ether oxygens (including phenoxy) is 2. The predicted molar refractivity (Wildman–Crippen MR) is 222 cm³/mol. The van der Waals surface area contributed by atoms with Crippen LogP contribution < -0.4 is 10.6 Å². The summed E-state index contributed by atoms with van der Waals surface area (Å²) in [5, 5.41) is 27.5. The summed E-state index contributed by atoms with van der Waals surface area (Å²) in [6.07, 6.45) is 9.60. The number of rotatable bonds is 16. The number of urea groups is 1. The van der Waals surface area contributed by atoms with E-state index >= 15 is 0 Å². The van der Waals surface area contributed by atoms with Crippen molar-refractivity contribution in [1.29, 1.82) is 0 Å². The summed E-state index contributed by atoms with van der Waals surface area (Å²) in [7, 11) is 0. The summed E-state index contributed by atoms with van der Waals surface area (Å²) in [5.74, 6) is 2.24. The first-order chi connectivity index (χ1) is 28.4. The summed E-state index contributed by atoms with van der Waals surface area (Å²) in [6.45, 7) is 3.31. The number of nitrogens with zero attached hydrogens (tertiary/aromatic N) is 2. The van der Waals surface area contributed by atoms with Gasteiger partial charge in [0.05, 0.1) is 35.3 Å². The molecule has 0 saturated carbocycles. The van der Waals surface area contributed by atoms with Crippen LogP contribution in [0.5, 0.6) is 0 Å². The molecule has 0 aromatic heterocycles. The first-order valence-electron chi connectivity index (χ1n) is 19.1. The van der Waals surface area contributed by atoms with Crippen molar-refractivity contribution < 1.29 is 43.7 Å². The molecule has 4 N–H and O–H groups in total. The molecular weight excluding hydrogens is 753 g/mol. The van der Waals surface area contributed by atoms with Crippen molar-refractivity contribution in [1.82, 2.24) is 9.80 Å². The highest BCUT2D eigenvalue weighted by atomic mass is 16.5. The topological polar surface area (TPSA) is 175 Å². The van der Waals surface area contributed by atoms with E-state index in [0.717, 1.165) is 0 Å². The number of hydrogen-bond donors (Lipinski definition) is 4. The molecule has 13 nitrogen and oxygen atoms in total. The van der Waals surface area contributed by atoms with E-state index in [1.807, 2.05) is 13.8 Å². The fourth-order valence-electron chi connectivity index (χ4n) is 6.71. The molecule has 1 fully saturated rings. The molecule has 13 heteroatoms. The van der Waals surface area contributed by atoms with Gasteiger partial charge in [-0.25, -0.2) is 14.4 Å². The number of nitrogens with one attached hydrogen (secondary N) is 2. The molecule has 59 heavy (non-hydrogen) atoms. The van der Waals surface area contributed by atoms with E-state index in [4.69, 9.17) is 22.3 Å². The fraction of sp³-hybridized carbons (Fsp3) is 0.283. The lowest BCUT2D eigenvalue weighted by Gasteiger charge is -2.48. The molecule has 0 aliphatic carbocycles. The van der Waals surface area contributed by atoms with Gasteiger partial charge in [0.25, 0.3) is 11.8 Å². The minimum atomic E-state index is -1.28. The number of β-amino-alcohol motifs (C(OH)–C–C–N with tert-alkyl or cyclic N) is 2.